The van der Waals surface area contributed by atoms with Crippen molar-refractivity contribution in [2.45, 2.75) is 24.9 Å². The first-order valence-electron chi connectivity index (χ1n) is 7.84. The molecule has 2 aromatic rings. The van der Waals surface area contributed by atoms with Crippen molar-refractivity contribution >= 4 is 50.9 Å². The summed E-state index contributed by atoms with van der Waals surface area (Å²) in [4.78, 5) is 37.4. The summed E-state index contributed by atoms with van der Waals surface area (Å²) in [5.74, 6) is -1.13. The van der Waals surface area contributed by atoms with E-state index in [-0.39, 0.29) is 16.6 Å². The molecule has 7 nitrogen and oxygen atoms in total. The van der Waals surface area contributed by atoms with Crippen LogP contribution in [0.25, 0.3) is 0 Å². The van der Waals surface area contributed by atoms with E-state index in [1.165, 1.54) is 4.90 Å². The van der Waals surface area contributed by atoms with Crippen LogP contribution in [0.5, 0.6) is 0 Å². The fraction of sp³-hybridized carbons (Fsp3) is 0.235. The maximum atomic E-state index is 12.7. The molecule has 2 atom stereocenters. The molecule has 0 aliphatic carbocycles. The van der Waals surface area contributed by atoms with Crippen LogP contribution in [-0.2, 0) is 4.79 Å². The number of halogens is 1. The molecular weight excluding hydrogens is 422 g/mol. The number of amides is 3. The largest absolute Gasteiger partial charge is 0.465 e. The van der Waals surface area contributed by atoms with Crippen LogP contribution >= 0.6 is 27.3 Å². The highest BCUT2D eigenvalue weighted by Crippen LogP contribution is 2.37. The molecule has 4 N–H and O–H groups in total. The second kappa shape index (κ2) is 7.46. The van der Waals surface area contributed by atoms with Gasteiger partial charge in [0, 0.05) is 0 Å². The van der Waals surface area contributed by atoms with Gasteiger partial charge in [-0.05, 0) is 40.4 Å². The standard InChI is InChI=1S/C17H16BrN3O4S/c18-13-8-10(14(26-13)15(19)22)20-16(23)12-7-6-11(21(12)17(24)25)9-4-2-1-3-5-9/h1-5,8,11-12H,6-7H2,(H2,19,22)(H,20,23)(H,24,25)/t11-,12+/m1/s1. The van der Waals surface area contributed by atoms with E-state index in [1.54, 1.807) is 6.07 Å². The predicted octanol–water partition coefficient (Wildman–Crippen LogP) is 3.43. The number of benzene rings is 1. The summed E-state index contributed by atoms with van der Waals surface area (Å²) >= 11 is 4.36. The molecule has 2 heterocycles. The maximum Gasteiger partial charge on any atom is 0.408 e. The van der Waals surface area contributed by atoms with Crippen LogP contribution in [0.3, 0.4) is 0 Å². The van der Waals surface area contributed by atoms with Gasteiger partial charge in [-0.2, -0.15) is 0 Å². The van der Waals surface area contributed by atoms with Gasteiger partial charge in [-0.25, -0.2) is 4.79 Å². The van der Waals surface area contributed by atoms with E-state index in [0.717, 1.165) is 16.9 Å². The zero-order chi connectivity index (χ0) is 18.8. The van der Waals surface area contributed by atoms with Gasteiger partial charge in [0.1, 0.15) is 10.9 Å². The number of carbonyl (C=O) groups excluding carboxylic acids is 2. The average Bonchev–Trinajstić information content (AvgIpc) is 3.19. The van der Waals surface area contributed by atoms with E-state index in [0.29, 0.717) is 16.6 Å². The topological polar surface area (TPSA) is 113 Å². The lowest BCUT2D eigenvalue weighted by molar-refractivity contribution is -0.120. The molecule has 1 aromatic carbocycles. The van der Waals surface area contributed by atoms with Crippen molar-refractivity contribution < 1.29 is 19.5 Å². The van der Waals surface area contributed by atoms with Gasteiger partial charge in [-0.3, -0.25) is 14.5 Å². The molecule has 1 fully saturated rings. The molecule has 136 valence electrons. The molecule has 1 saturated heterocycles. The predicted molar refractivity (Wildman–Crippen MR) is 101 cm³/mol. The van der Waals surface area contributed by atoms with Crippen molar-refractivity contribution in [3.05, 3.63) is 50.6 Å². The number of hydrogen-bond acceptors (Lipinski definition) is 4. The van der Waals surface area contributed by atoms with E-state index < -0.39 is 23.9 Å². The van der Waals surface area contributed by atoms with Gasteiger partial charge in [-0.15, -0.1) is 11.3 Å². The molecule has 9 heteroatoms. The number of hydrogen-bond donors (Lipinski definition) is 3. The highest BCUT2D eigenvalue weighted by Gasteiger charge is 2.42. The average molecular weight is 438 g/mol. The molecule has 3 rings (SSSR count). The third-order valence-electron chi connectivity index (χ3n) is 4.28. The molecule has 1 aromatic heterocycles. The number of nitrogens with zero attached hydrogens (tertiary/aromatic N) is 1. The SMILES string of the molecule is NC(=O)c1sc(Br)cc1NC(=O)[C@@H]1CC[C@H](c2ccccc2)N1C(=O)O. The highest BCUT2D eigenvalue weighted by molar-refractivity contribution is 9.11. The number of carboxylic acid groups (broad SMARTS) is 1. The number of primary amides is 1. The van der Waals surface area contributed by atoms with Gasteiger partial charge in [0.25, 0.3) is 5.91 Å². The molecule has 1 aliphatic heterocycles. The van der Waals surface area contributed by atoms with E-state index >= 15 is 0 Å². The Morgan fingerprint density at radius 1 is 1.23 bits per heavy atom. The smallest absolute Gasteiger partial charge is 0.408 e. The first-order valence-corrected chi connectivity index (χ1v) is 9.45. The first-order chi connectivity index (χ1) is 12.4. The fourth-order valence-corrected chi connectivity index (χ4v) is 4.60. The molecular formula is C17H16BrN3O4S. The molecule has 26 heavy (non-hydrogen) atoms. The van der Waals surface area contributed by atoms with Crippen molar-refractivity contribution in [2.24, 2.45) is 5.73 Å². The first kappa shape index (κ1) is 18.4. The lowest BCUT2D eigenvalue weighted by Gasteiger charge is -2.27. The Morgan fingerprint density at radius 2 is 1.92 bits per heavy atom. The van der Waals surface area contributed by atoms with Crippen LogP contribution in [-0.4, -0.2) is 34.0 Å². The number of thiophene rings is 1. The molecule has 0 saturated carbocycles. The minimum Gasteiger partial charge on any atom is -0.465 e. The van der Waals surface area contributed by atoms with Crippen molar-refractivity contribution in [3.63, 3.8) is 0 Å². The number of nitrogens with two attached hydrogens (primary N) is 1. The van der Waals surface area contributed by atoms with Gasteiger partial charge < -0.3 is 16.2 Å². The molecule has 3 amide bonds. The molecule has 0 spiro atoms. The summed E-state index contributed by atoms with van der Waals surface area (Å²) in [5, 5.41) is 12.3. The van der Waals surface area contributed by atoms with E-state index in [2.05, 4.69) is 21.2 Å². The Labute approximate surface area is 161 Å². The van der Waals surface area contributed by atoms with Crippen LogP contribution in [0, 0.1) is 0 Å². The Morgan fingerprint density at radius 3 is 2.54 bits per heavy atom. The van der Waals surface area contributed by atoms with E-state index in [1.807, 2.05) is 30.3 Å². The van der Waals surface area contributed by atoms with E-state index in [9.17, 15) is 19.5 Å². The normalized spacial score (nSPS) is 19.3. The second-order valence-corrected chi connectivity index (χ2v) is 8.29. The molecule has 0 unspecified atom stereocenters. The number of anilines is 1. The summed E-state index contributed by atoms with van der Waals surface area (Å²) < 4.78 is 0.644. The van der Waals surface area contributed by atoms with Crippen LogP contribution in [0.2, 0.25) is 0 Å². The van der Waals surface area contributed by atoms with Crippen LogP contribution < -0.4 is 11.1 Å². The monoisotopic (exact) mass is 437 g/mol. The van der Waals surface area contributed by atoms with E-state index in [4.69, 9.17) is 5.73 Å². The molecule has 0 radical (unpaired) electrons. The minimum absolute atomic E-state index is 0.213. The summed E-state index contributed by atoms with van der Waals surface area (Å²) in [6.45, 7) is 0. The van der Waals surface area contributed by atoms with Crippen molar-refractivity contribution in [2.75, 3.05) is 5.32 Å². The van der Waals surface area contributed by atoms with Crippen LogP contribution in [0.4, 0.5) is 10.5 Å². The number of carbonyl (C=O) groups is 3. The summed E-state index contributed by atoms with van der Waals surface area (Å²) in [6.07, 6.45) is -0.211. The third kappa shape index (κ3) is 3.58. The Hall–Kier alpha value is -2.39. The quantitative estimate of drug-likeness (QED) is 0.679. The third-order valence-corrected chi connectivity index (χ3v) is 5.93. The van der Waals surface area contributed by atoms with Gasteiger partial charge in [0.2, 0.25) is 5.91 Å². The second-order valence-electron chi connectivity index (χ2n) is 5.86. The van der Waals surface area contributed by atoms with Gasteiger partial charge in [-0.1, -0.05) is 30.3 Å². The van der Waals surface area contributed by atoms with Gasteiger partial charge in [0.05, 0.1) is 15.5 Å². The van der Waals surface area contributed by atoms with Crippen LogP contribution in [0.1, 0.15) is 34.1 Å². The minimum atomic E-state index is -1.15. The highest BCUT2D eigenvalue weighted by atomic mass is 79.9. The Balaban J connectivity index is 1.83. The van der Waals surface area contributed by atoms with Gasteiger partial charge in [0.15, 0.2) is 0 Å². The Bertz CT molecular complexity index is 855. The molecule has 1 aliphatic rings. The van der Waals surface area contributed by atoms with Crippen molar-refractivity contribution in [1.82, 2.24) is 4.90 Å². The van der Waals surface area contributed by atoms with Crippen molar-refractivity contribution in [3.8, 4) is 0 Å². The maximum absolute atomic E-state index is 12.7. The fourth-order valence-electron chi connectivity index (χ4n) is 3.19. The van der Waals surface area contributed by atoms with Crippen LogP contribution in [0.15, 0.2) is 40.2 Å². The summed E-state index contributed by atoms with van der Waals surface area (Å²) in [5.41, 5.74) is 6.46. The zero-order valence-corrected chi connectivity index (χ0v) is 15.9. The number of likely N-dealkylation sites (tertiary alicyclic amines) is 1. The van der Waals surface area contributed by atoms with Crippen molar-refractivity contribution in [1.29, 1.82) is 0 Å². The lowest BCUT2D eigenvalue weighted by Crippen LogP contribution is -2.43. The zero-order valence-electron chi connectivity index (χ0n) is 13.5. The Kier molecular flexibility index (Phi) is 5.28. The lowest BCUT2D eigenvalue weighted by atomic mass is 10.1. The summed E-state index contributed by atoms with van der Waals surface area (Å²) in [7, 11) is 0. The van der Waals surface area contributed by atoms with Gasteiger partial charge >= 0.3 is 6.09 Å². The molecule has 0 bridgehead atoms. The number of rotatable bonds is 4. The number of nitrogens with one attached hydrogen (secondary N) is 1. The summed E-state index contributed by atoms with van der Waals surface area (Å²) in [6, 6.07) is 9.59.